The quantitative estimate of drug-likeness (QED) is 0.614. The van der Waals surface area contributed by atoms with Gasteiger partial charge in [0, 0.05) is 55.4 Å². The number of ketones is 1. The molecule has 4 rings (SSSR count). The molecule has 1 aromatic carbocycles. The first kappa shape index (κ1) is 20.3. The third-order valence-electron chi connectivity index (χ3n) is 5.25. The number of piperazine rings is 1. The summed E-state index contributed by atoms with van der Waals surface area (Å²) in [7, 11) is 1.66. The highest BCUT2D eigenvalue weighted by Crippen LogP contribution is 2.26. The monoisotopic (exact) mass is 424 g/mol. The highest BCUT2D eigenvalue weighted by molar-refractivity contribution is 7.13. The number of carbonyl (C=O) groups excluding carboxylic acids is 2. The van der Waals surface area contributed by atoms with Crippen LogP contribution in [0, 0.1) is 0 Å². The minimum Gasteiger partial charge on any atom is -0.497 e. The molecule has 1 fully saturated rings. The molecule has 0 saturated carbocycles. The van der Waals surface area contributed by atoms with Crippen molar-refractivity contribution < 1.29 is 14.3 Å². The van der Waals surface area contributed by atoms with E-state index in [1.807, 2.05) is 29.2 Å². The largest absolute Gasteiger partial charge is 0.497 e. The highest BCUT2D eigenvalue weighted by Gasteiger charge is 2.24. The van der Waals surface area contributed by atoms with Crippen molar-refractivity contribution in [1.29, 1.82) is 0 Å². The molecule has 0 unspecified atom stereocenters. The minimum atomic E-state index is -0.0578. The number of methoxy groups -OCH3 is 1. The molecule has 156 valence electrons. The van der Waals surface area contributed by atoms with Crippen molar-refractivity contribution in [3.05, 3.63) is 58.9 Å². The average Bonchev–Trinajstić information content (AvgIpc) is 3.44. The van der Waals surface area contributed by atoms with E-state index in [1.165, 1.54) is 6.92 Å². The Labute approximate surface area is 179 Å². The molecule has 7 nitrogen and oxygen atoms in total. The predicted molar refractivity (Wildman–Crippen MR) is 116 cm³/mol. The van der Waals surface area contributed by atoms with Gasteiger partial charge in [-0.15, -0.1) is 11.3 Å². The van der Waals surface area contributed by atoms with E-state index in [9.17, 15) is 9.59 Å². The molecule has 3 heterocycles. The van der Waals surface area contributed by atoms with Crippen LogP contribution in [0.2, 0.25) is 0 Å². The summed E-state index contributed by atoms with van der Waals surface area (Å²) >= 11 is 1.64. The molecule has 0 bridgehead atoms. The number of carbonyl (C=O) groups is 2. The lowest BCUT2D eigenvalue weighted by molar-refractivity contribution is 0.0622. The maximum Gasteiger partial charge on any atom is 0.270 e. The Morgan fingerprint density at radius 1 is 1.17 bits per heavy atom. The second kappa shape index (κ2) is 8.81. The minimum absolute atomic E-state index is 0.0487. The summed E-state index contributed by atoms with van der Waals surface area (Å²) in [4.78, 5) is 35.9. The second-order valence-corrected chi connectivity index (χ2v) is 8.16. The van der Waals surface area contributed by atoms with Crippen LogP contribution in [0.1, 0.15) is 33.5 Å². The van der Waals surface area contributed by atoms with E-state index >= 15 is 0 Å². The van der Waals surface area contributed by atoms with Gasteiger partial charge >= 0.3 is 0 Å². The van der Waals surface area contributed by atoms with E-state index in [4.69, 9.17) is 9.72 Å². The van der Waals surface area contributed by atoms with E-state index in [1.54, 1.807) is 30.7 Å². The molecular formula is C22H24N4O3S. The van der Waals surface area contributed by atoms with Crippen LogP contribution in [-0.2, 0) is 6.54 Å². The van der Waals surface area contributed by atoms with Crippen LogP contribution in [0.4, 0.5) is 0 Å². The van der Waals surface area contributed by atoms with Crippen LogP contribution in [0.25, 0.3) is 10.6 Å². The highest BCUT2D eigenvalue weighted by atomic mass is 32.1. The molecule has 0 spiro atoms. The van der Waals surface area contributed by atoms with Crippen LogP contribution < -0.4 is 4.74 Å². The predicted octanol–water partition coefficient (Wildman–Crippen LogP) is 3.31. The maximum atomic E-state index is 12.7. The molecule has 30 heavy (non-hydrogen) atoms. The van der Waals surface area contributed by atoms with Crippen LogP contribution in [0.15, 0.2) is 41.9 Å². The Hall–Kier alpha value is -2.97. The van der Waals surface area contributed by atoms with Crippen LogP contribution in [0.5, 0.6) is 5.75 Å². The Morgan fingerprint density at radius 3 is 2.53 bits per heavy atom. The number of aromatic nitrogens is 2. The summed E-state index contributed by atoms with van der Waals surface area (Å²) in [5.41, 5.74) is 3.13. The van der Waals surface area contributed by atoms with Crippen LogP contribution in [0.3, 0.4) is 0 Å². The van der Waals surface area contributed by atoms with Crippen molar-refractivity contribution >= 4 is 23.0 Å². The van der Waals surface area contributed by atoms with Gasteiger partial charge in [0.05, 0.1) is 12.8 Å². The molecular weight excluding hydrogens is 400 g/mol. The van der Waals surface area contributed by atoms with E-state index in [0.29, 0.717) is 24.3 Å². The average molecular weight is 425 g/mol. The van der Waals surface area contributed by atoms with Crippen molar-refractivity contribution in [2.75, 3.05) is 33.3 Å². The van der Waals surface area contributed by atoms with E-state index in [2.05, 4.69) is 15.3 Å². The number of ether oxygens (including phenoxy) is 1. The Balaban J connectivity index is 1.32. The number of H-pyrrole nitrogens is 1. The fraction of sp³-hybridized carbons (Fsp3) is 0.318. The summed E-state index contributed by atoms with van der Waals surface area (Å²) in [6, 6.07) is 9.55. The van der Waals surface area contributed by atoms with Crippen molar-refractivity contribution in [3.8, 4) is 16.3 Å². The zero-order valence-electron chi connectivity index (χ0n) is 17.1. The number of Topliss-reactive ketones (excluding diaryl/α,β-unsaturated/α-hetero) is 1. The van der Waals surface area contributed by atoms with Gasteiger partial charge in [-0.25, -0.2) is 4.98 Å². The van der Waals surface area contributed by atoms with Crippen molar-refractivity contribution in [1.82, 2.24) is 19.8 Å². The summed E-state index contributed by atoms with van der Waals surface area (Å²) < 4.78 is 5.21. The Morgan fingerprint density at radius 2 is 1.90 bits per heavy atom. The normalized spacial score (nSPS) is 14.7. The molecule has 3 aromatic rings. The lowest BCUT2D eigenvalue weighted by Gasteiger charge is -2.34. The van der Waals surface area contributed by atoms with Gasteiger partial charge in [-0.2, -0.15) is 0 Å². The SMILES string of the molecule is COc1ccc(-c2nc(CN3CCN(C(=O)c4cc(C(C)=O)c[nH]4)CC3)cs2)cc1. The number of benzene rings is 1. The van der Waals surface area contributed by atoms with Gasteiger partial charge in [-0.05, 0) is 37.3 Å². The van der Waals surface area contributed by atoms with Gasteiger partial charge in [0.2, 0.25) is 0 Å². The van der Waals surface area contributed by atoms with E-state index in [-0.39, 0.29) is 11.7 Å². The molecule has 1 aliphatic rings. The third kappa shape index (κ3) is 4.44. The van der Waals surface area contributed by atoms with Gasteiger partial charge in [0.1, 0.15) is 16.5 Å². The Bertz CT molecular complexity index is 1030. The van der Waals surface area contributed by atoms with Crippen molar-refractivity contribution in [2.45, 2.75) is 13.5 Å². The fourth-order valence-corrected chi connectivity index (χ4v) is 4.29. The van der Waals surface area contributed by atoms with Crippen LogP contribution in [-0.4, -0.2) is 64.7 Å². The van der Waals surface area contributed by atoms with Gasteiger partial charge in [0.25, 0.3) is 5.91 Å². The number of amides is 1. The summed E-state index contributed by atoms with van der Waals surface area (Å²) in [6.07, 6.45) is 1.59. The molecule has 1 saturated heterocycles. The first-order valence-corrected chi connectivity index (χ1v) is 10.7. The first-order chi connectivity index (χ1) is 14.5. The topological polar surface area (TPSA) is 78.5 Å². The molecule has 0 atom stereocenters. The van der Waals surface area contributed by atoms with Gasteiger partial charge in [0.15, 0.2) is 5.78 Å². The van der Waals surface area contributed by atoms with Crippen LogP contribution >= 0.6 is 11.3 Å². The van der Waals surface area contributed by atoms with Crippen molar-refractivity contribution in [3.63, 3.8) is 0 Å². The fourth-order valence-electron chi connectivity index (χ4n) is 3.48. The van der Waals surface area contributed by atoms with E-state index < -0.39 is 0 Å². The number of aromatic amines is 1. The summed E-state index contributed by atoms with van der Waals surface area (Å²) in [5.74, 6) is 0.727. The van der Waals surface area contributed by atoms with E-state index in [0.717, 1.165) is 41.6 Å². The molecule has 0 radical (unpaired) electrons. The number of thiazole rings is 1. The summed E-state index contributed by atoms with van der Waals surface area (Å²) in [5, 5.41) is 3.09. The van der Waals surface area contributed by atoms with Gasteiger partial charge in [-0.1, -0.05) is 0 Å². The number of hydrogen-bond donors (Lipinski definition) is 1. The summed E-state index contributed by atoms with van der Waals surface area (Å²) in [6.45, 7) is 5.16. The smallest absolute Gasteiger partial charge is 0.270 e. The maximum absolute atomic E-state index is 12.7. The lowest BCUT2D eigenvalue weighted by Crippen LogP contribution is -2.48. The molecule has 1 N–H and O–H groups in total. The molecule has 2 aromatic heterocycles. The lowest BCUT2D eigenvalue weighted by atomic mass is 10.2. The number of rotatable bonds is 6. The molecule has 1 aliphatic heterocycles. The zero-order valence-corrected chi connectivity index (χ0v) is 17.9. The van der Waals surface area contributed by atoms with Gasteiger partial charge < -0.3 is 14.6 Å². The second-order valence-electron chi connectivity index (χ2n) is 7.30. The zero-order chi connectivity index (χ0) is 21.1. The number of nitrogens with zero attached hydrogens (tertiary/aromatic N) is 3. The Kier molecular flexibility index (Phi) is 5.96. The number of nitrogens with one attached hydrogen (secondary N) is 1. The standard InChI is InChI=1S/C22H24N4O3S/c1-15(27)17-11-20(23-12-17)22(28)26-9-7-25(8-10-26)13-18-14-30-21(24-18)16-3-5-19(29-2)6-4-16/h3-6,11-12,14,23H,7-10,13H2,1-2H3. The van der Waals surface area contributed by atoms with Gasteiger partial charge in [-0.3, -0.25) is 14.5 Å². The molecule has 0 aliphatic carbocycles. The molecule has 1 amide bonds. The van der Waals surface area contributed by atoms with Crippen molar-refractivity contribution in [2.24, 2.45) is 0 Å². The molecule has 8 heteroatoms. The third-order valence-corrected chi connectivity index (χ3v) is 6.19. The number of hydrogen-bond acceptors (Lipinski definition) is 6. The first-order valence-electron chi connectivity index (χ1n) is 9.83.